The van der Waals surface area contributed by atoms with E-state index >= 15 is 0 Å². The van der Waals surface area contributed by atoms with Gasteiger partial charge in [0.05, 0.1) is 30.3 Å². The SMILES string of the molecule is O=C(NCc1cc2c(s1)CCC2)C1Cc2nc[nH]c2CN1. The number of aromatic amines is 1. The number of nitrogens with one attached hydrogen (secondary N) is 3. The van der Waals surface area contributed by atoms with E-state index in [1.807, 2.05) is 11.3 Å². The van der Waals surface area contributed by atoms with Crippen LogP contribution in [-0.2, 0) is 37.1 Å². The molecule has 0 fully saturated rings. The Kier molecular flexibility index (Phi) is 3.27. The van der Waals surface area contributed by atoms with E-state index in [0.717, 1.165) is 11.4 Å². The fraction of sp³-hybridized carbons (Fsp3) is 0.467. The molecular formula is C15H18N4OS. The highest BCUT2D eigenvalue weighted by atomic mass is 32.1. The highest BCUT2D eigenvalue weighted by Gasteiger charge is 2.25. The number of fused-ring (bicyclic) bond motifs is 2. The lowest BCUT2D eigenvalue weighted by atomic mass is 10.0. The van der Waals surface area contributed by atoms with Gasteiger partial charge in [-0.15, -0.1) is 11.3 Å². The Labute approximate surface area is 127 Å². The molecule has 0 bridgehead atoms. The number of nitrogens with zero attached hydrogens (tertiary/aromatic N) is 1. The van der Waals surface area contributed by atoms with E-state index in [4.69, 9.17) is 0 Å². The lowest BCUT2D eigenvalue weighted by molar-refractivity contribution is -0.123. The fourth-order valence-corrected chi connectivity index (χ4v) is 4.33. The van der Waals surface area contributed by atoms with Crippen LogP contribution in [0.4, 0.5) is 0 Å². The van der Waals surface area contributed by atoms with Crippen molar-refractivity contribution in [2.45, 2.75) is 44.8 Å². The first kappa shape index (κ1) is 13.0. The highest BCUT2D eigenvalue weighted by molar-refractivity contribution is 7.12. The molecule has 6 heteroatoms. The molecule has 1 amide bonds. The van der Waals surface area contributed by atoms with Crippen molar-refractivity contribution in [1.29, 1.82) is 0 Å². The normalized spacial score (nSPS) is 20.1. The minimum atomic E-state index is -0.174. The molecule has 1 aliphatic heterocycles. The maximum Gasteiger partial charge on any atom is 0.237 e. The molecule has 21 heavy (non-hydrogen) atoms. The highest BCUT2D eigenvalue weighted by Crippen LogP contribution is 2.30. The maximum atomic E-state index is 12.3. The summed E-state index contributed by atoms with van der Waals surface area (Å²) in [7, 11) is 0. The van der Waals surface area contributed by atoms with Gasteiger partial charge >= 0.3 is 0 Å². The average molecular weight is 302 g/mol. The molecule has 0 aromatic carbocycles. The molecule has 0 saturated carbocycles. The van der Waals surface area contributed by atoms with Gasteiger partial charge in [-0.2, -0.15) is 0 Å². The molecule has 1 aliphatic carbocycles. The van der Waals surface area contributed by atoms with Gasteiger partial charge in [0.1, 0.15) is 0 Å². The summed E-state index contributed by atoms with van der Waals surface area (Å²) < 4.78 is 0. The molecule has 5 nitrogen and oxygen atoms in total. The van der Waals surface area contributed by atoms with Crippen molar-refractivity contribution < 1.29 is 4.79 Å². The number of H-pyrrole nitrogens is 1. The second kappa shape index (κ2) is 5.27. The number of rotatable bonds is 3. The first-order valence-electron chi connectivity index (χ1n) is 7.42. The van der Waals surface area contributed by atoms with Gasteiger partial charge in [-0.25, -0.2) is 4.98 Å². The third-order valence-electron chi connectivity index (χ3n) is 4.28. The Bertz CT molecular complexity index is 654. The third-order valence-corrected chi connectivity index (χ3v) is 5.52. The number of carbonyl (C=O) groups excluding carboxylic acids is 1. The molecule has 0 saturated heterocycles. The van der Waals surface area contributed by atoms with Crippen LogP contribution in [-0.4, -0.2) is 21.9 Å². The zero-order chi connectivity index (χ0) is 14.2. The summed E-state index contributed by atoms with van der Waals surface area (Å²) in [4.78, 5) is 22.4. The Hall–Kier alpha value is -1.66. The Morgan fingerprint density at radius 3 is 3.33 bits per heavy atom. The van der Waals surface area contributed by atoms with Crippen LogP contribution >= 0.6 is 11.3 Å². The predicted molar refractivity (Wildman–Crippen MR) is 81.1 cm³/mol. The van der Waals surface area contributed by atoms with E-state index in [1.165, 1.54) is 34.6 Å². The van der Waals surface area contributed by atoms with Crippen LogP contribution in [0.25, 0.3) is 0 Å². The topological polar surface area (TPSA) is 69.8 Å². The van der Waals surface area contributed by atoms with Gasteiger partial charge in [0.25, 0.3) is 0 Å². The van der Waals surface area contributed by atoms with Crippen molar-refractivity contribution >= 4 is 17.2 Å². The van der Waals surface area contributed by atoms with Crippen molar-refractivity contribution in [3.63, 3.8) is 0 Å². The summed E-state index contributed by atoms with van der Waals surface area (Å²) >= 11 is 1.85. The second-order valence-corrected chi connectivity index (χ2v) is 6.92. The van der Waals surface area contributed by atoms with E-state index < -0.39 is 0 Å². The minimum Gasteiger partial charge on any atom is -0.350 e. The number of carbonyl (C=O) groups is 1. The summed E-state index contributed by atoms with van der Waals surface area (Å²) in [5.41, 5.74) is 3.58. The maximum absolute atomic E-state index is 12.3. The Morgan fingerprint density at radius 1 is 1.48 bits per heavy atom. The van der Waals surface area contributed by atoms with E-state index in [-0.39, 0.29) is 11.9 Å². The summed E-state index contributed by atoms with van der Waals surface area (Å²) in [5.74, 6) is 0.0669. The average Bonchev–Trinajstić information content (AvgIpc) is 3.18. The number of hydrogen-bond donors (Lipinski definition) is 3. The molecule has 3 N–H and O–H groups in total. The predicted octanol–water partition coefficient (Wildman–Crippen LogP) is 1.29. The summed E-state index contributed by atoms with van der Waals surface area (Å²) in [5, 5.41) is 6.31. The molecule has 3 heterocycles. The van der Waals surface area contributed by atoms with Crippen molar-refractivity contribution in [3.05, 3.63) is 39.1 Å². The van der Waals surface area contributed by atoms with Crippen LogP contribution in [0.1, 0.15) is 33.1 Å². The molecule has 2 aromatic heterocycles. The van der Waals surface area contributed by atoms with E-state index in [2.05, 4.69) is 26.7 Å². The molecule has 2 aliphatic rings. The molecule has 1 unspecified atom stereocenters. The molecule has 110 valence electrons. The van der Waals surface area contributed by atoms with Crippen LogP contribution in [0, 0.1) is 0 Å². The first-order chi connectivity index (χ1) is 10.3. The first-order valence-corrected chi connectivity index (χ1v) is 8.24. The molecule has 2 aromatic rings. The lowest BCUT2D eigenvalue weighted by Gasteiger charge is -2.22. The summed E-state index contributed by atoms with van der Waals surface area (Å²) in [6.45, 7) is 1.32. The number of amides is 1. The number of aryl methyl sites for hydroxylation is 2. The minimum absolute atomic E-state index is 0.0669. The van der Waals surface area contributed by atoms with Crippen LogP contribution in [0.5, 0.6) is 0 Å². The lowest BCUT2D eigenvalue weighted by Crippen LogP contribution is -2.47. The smallest absolute Gasteiger partial charge is 0.237 e. The van der Waals surface area contributed by atoms with Gasteiger partial charge in [-0.05, 0) is 30.9 Å². The Morgan fingerprint density at radius 2 is 2.43 bits per heavy atom. The second-order valence-electron chi connectivity index (χ2n) is 5.70. The van der Waals surface area contributed by atoms with Gasteiger partial charge in [0, 0.05) is 22.7 Å². The van der Waals surface area contributed by atoms with Crippen LogP contribution in [0.2, 0.25) is 0 Å². The molecular weight excluding hydrogens is 284 g/mol. The van der Waals surface area contributed by atoms with Crippen LogP contribution in [0.3, 0.4) is 0 Å². The molecule has 1 atom stereocenters. The summed E-state index contributed by atoms with van der Waals surface area (Å²) in [6, 6.07) is 2.08. The van der Waals surface area contributed by atoms with Crippen molar-refractivity contribution in [2.24, 2.45) is 0 Å². The van der Waals surface area contributed by atoms with Gasteiger partial charge < -0.3 is 10.3 Å². The van der Waals surface area contributed by atoms with Gasteiger partial charge in [0.15, 0.2) is 0 Å². The number of hydrogen-bond acceptors (Lipinski definition) is 4. The van der Waals surface area contributed by atoms with E-state index in [1.54, 1.807) is 6.33 Å². The van der Waals surface area contributed by atoms with E-state index in [0.29, 0.717) is 19.5 Å². The van der Waals surface area contributed by atoms with Crippen molar-refractivity contribution in [3.8, 4) is 0 Å². The molecule has 4 rings (SSSR count). The van der Waals surface area contributed by atoms with Crippen molar-refractivity contribution in [1.82, 2.24) is 20.6 Å². The monoisotopic (exact) mass is 302 g/mol. The molecule has 0 radical (unpaired) electrons. The standard InChI is InChI=1S/C15H18N4OS/c20-15(12-5-11-13(7-16-12)19-8-18-11)17-6-10-4-9-2-1-3-14(9)21-10/h4,8,12,16H,1-3,5-7H2,(H,17,20)(H,18,19). The zero-order valence-electron chi connectivity index (χ0n) is 11.7. The van der Waals surface area contributed by atoms with Gasteiger partial charge in [0.2, 0.25) is 5.91 Å². The third kappa shape index (κ3) is 2.49. The van der Waals surface area contributed by atoms with Crippen LogP contribution < -0.4 is 10.6 Å². The van der Waals surface area contributed by atoms with Gasteiger partial charge in [-0.3, -0.25) is 10.1 Å². The van der Waals surface area contributed by atoms with Crippen LogP contribution in [0.15, 0.2) is 12.4 Å². The zero-order valence-corrected chi connectivity index (χ0v) is 12.6. The number of thiophene rings is 1. The van der Waals surface area contributed by atoms with Gasteiger partial charge in [-0.1, -0.05) is 0 Å². The molecule has 0 spiro atoms. The number of imidazole rings is 1. The number of aromatic nitrogens is 2. The van der Waals surface area contributed by atoms with Crippen molar-refractivity contribution in [2.75, 3.05) is 0 Å². The van der Waals surface area contributed by atoms with E-state index in [9.17, 15) is 4.79 Å². The largest absolute Gasteiger partial charge is 0.350 e. The quantitative estimate of drug-likeness (QED) is 0.800. The summed E-state index contributed by atoms with van der Waals surface area (Å²) in [6.07, 6.45) is 6.04. The Balaban J connectivity index is 1.36. The fourth-order valence-electron chi connectivity index (χ4n) is 3.13.